The third-order valence-corrected chi connectivity index (χ3v) is 6.22. The molecule has 2 aromatic heterocycles. The molecule has 0 radical (unpaired) electrons. The molecule has 2 aromatic carbocycles. The third-order valence-electron chi connectivity index (χ3n) is 5.33. The largest absolute Gasteiger partial charge is 0.324 e. The molecule has 0 spiro atoms. The Balaban J connectivity index is 1.72. The van der Waals surface area contributed by atoms with Gasteiger partial charge in [0.2, 0.25) is 5.91 Å². The summed E-state index contributed by atoms with van der Waals surface area (Å²) in [7, 11) is 0. The maximum atomic E-state index is 13.3. The van der Waals surface area contributed by atoms with Crippen LogP contribution in [0, 0.1) is 19.7 Å². The predicted molar refractivity (Wildman–Crippen MR) is 119 cm³/mol. The summed E-state index contributed by atoms with van der Waals surface area (Å²) in [6.45, 7) is 5.58. The SMILES string of the molecule is Cc1cccc(NC(=O)C(C)n2cnc3scc(-c4ccc(F)cc4)c3c2=O)c1C. The molecule has 0 aliphatic rings. The van der Waals surface area contributed by atoms with Crippen molar-refractivity contribution in [1.29, 1.82) is 0 Å². The normalized spacial score (nSPS) is 12.1. The molecule has 4 aromatic rings. The van der Waals surface area contributed by atoms with Crippen LogP contribution in [0.15, 0.2) is 59.0 Å². The van der Waals surface area contributed by atoms with Gasteiger partial charge in [0.15, 0.2) is 0 Å². The van der Waals surface area contributed by atoms with Crippen LogP contribution in [0.25, 0.3) is 21.3 Å². The van der Waals surface area contributed by atoms with Crippen molar-refractivity contribution >= 4 is 33.1 Å². The van der Waals surface area contributed by atoms with E-state index in [1.54, 1.807) is 19.1 Å². The van der Waals surface area contributed by atoms with Crippen molar-refractivity contribution in [3.63, 3.8) is 0 Å². The average molecular weight is 421 g/mol. The van der Waals surface area contributed by atoms with Gasteiger partial charge in [0.05, 0.1) is 11.7 Å². The second-order valence-electron chi connectivity index (χ2n) is 7.21. The minimum absolute atomic E-state index is 0.300. The zero-order chi connectivity index (χ0) is 21.4. The molecule has 152 valence electrons. The molecule has 1 atom stereocenters. The maximum Gasteiger partial charge on any atom is 0.263 e. The van der Waals surface area contributed by atoms with Crippen LogP contribution < -0.4 is 10.9 Å². The minimum atomic E-state index is -0.754. The number of rotatable bonds is 4. The first-order chi connectivity index (χ1) is 14.4. The number of thiophene rings is 1. The first-order valence-electron chi connectivity index (χ1n) is 9.48. The summed E-state index contributed by atoms with van der Waals surface area (Å²) in [6.07, 6.45) is 1.41. The molecule has 2 heterocycles. The monoisotopic (exact) mass is 421 g/mol. The number of carbonyl (C=O) groups excluding carboxylic acids is 1. The van der Waals surface area contributed by atoms with Gasteiger partial charge in [-0.1, -0.05) is 24.3 Å². The molecular weight excluding hydrogens is 401 g/mol. The van der Waals surface area contributed by atoms with E-state index in [4.69, 9.17) is 0 Å². The standard InChI is InChI=1S/C23H20FN3O2S/c1-13-5-4-6-19(14(13)2)26-21(28)15(3)27-12-25-22-20(23(27)29)18(11-30-22)16-7-9-17(24)10-8-16/h4-12,15H,1-3H3,(H,26,28). The highest BCUT2D eigenvalue weighted by Gasteiger charge is 2.21. The van der Waals surface area contributed by atoms with Crippen LogP contribution in [0.3, 0.4) is 0 Å². The van der Waals surface area contributed by atoms with Crippen LogP contribution in [0.5, 0.6) is 0 Å². The summed E-state index contributed by atoms with van der Waals surface area (Å²) < 4.78 is 14.6. The first-order valence-corrected chi connectivity index (χ1v) is 10.4. The smallest absolute Gasteiger partial charge is 0.263 e. The number of hydrogen-bond acceptors (Lipinski definition) is 4. The van der Waals surface area contributed by atoms with E-state index in [2.05, 4.69) is 10.3 Å². The number of aromatic nitrogens is 2. The summed E-state index contributed by atoms with van der Waals surface area (Å²) in [5.74, 6) is -0.643. The molecule has 0 saturated carbocycles. The van der Waals surface area contributed by atoms with E-state index >= 15 is 0 Å². The number of anilines is 1. The van der Waals surface area contributed by atoms with Crippen LogP contribution in [0.1, 0.15) is 24.1 Å². The summed E-state index contributed by atoms with van der Waals surface area (Å²) in [5, 5.41) is 5.17. The summed E-state index contributed by atoms with van der Waals surface area (Å²) in [5.41, 5.74) is 3.88. The van der Waals surface area contributed by atoms with Gasteiger partial charge < -0.3 is 5.32 Å². The van der Waals surface area contributed by atoms with E-state index in [1.165, 1.54) is 34.4 Å². The van der Waals surface area contributed by atoms with Gasteiger partial charge in [-0.3, -0.25) is 14.2 Å². The summed E-state index contributed by atoms with van der Waals surface area (Å²) in [6, 6.07) is 10.9. The number of nitrogens with one attached hydrogen (secondary N) is 1. The van der Waals surface area contributed by atoms with E-state index in [9.17, 15) is 14.0 Å². The highest BCUT2D eigenvalue weighted by Crippen LogP contribution is 2.31. The Hall–Kier alpha value is -3.32. The highest BCUT2D eigenvalue weighted by molar-refractivity contribution is 7.17. The fourth-order valence-electron chi connectivity index (χ4n) is 3.31. The predicted octanol–water partition coefficient (Wildman–Crippen LogP) is 5.08. The van der Waals surface area contributed by atoms with Crippen LogP contribution in [-0.4, -0.2) is 15.5 Å². The van der Waals surface area contributed by atoms with Crippen LogP contribution in [-0.2, 0) is 4.79 Å². The Morgan fingerprint density at radius 3 is 2.63 bits per heavy atom. The topological polar surface area (TPSA) is 64.0 Å². The minimum Gasteiger partial charge on any atom is -0.324 e. The number of nitrogens with zero attached hydrogens (tertiary/aromatic N) is 2. The van der Waals surface area contributed by atoms with Crippen LogP contribution in [0.4, 0.5) is 10.1 Å². The molecule has 0 fully saturated rings. The Morgan fingerprint density at radius 1 is 1.17 bits per heavy atom. The van der Waals surface area contributed by atoms with E-state index in [0.29, 0.717) is 15.8 Å². The van der Waals surface area contributed by atoms with E-state index < -0.39 is 6.04 Å². The maximum absolute atomic E-state index is 13.3. The second kappa shape index (κ2) is 7.84. The molecule has 0 aliphatic carbocycles. The van der Waals surface area contributed by atoms with Crippen LogP contribution in [0.2, 0.25) is 0 Å². The number of hydrogen-bond donors (Lipinski definition) is 1. The fraction of sp³-hybridized carbons (Fsp3) is 0.174. The van der Waals surface area contributed by atoms with E-state index in [-0.39, 0.29) is 17.3 Å². The zero-order valence-corrected chi connectivity index (χ0v) is 17.6. The molecule has 1 amide bonds. The van der Waals surface area contributed by atoms with Crippen molar-refractivity contribution in [1.82, 2.24) is 9.55 Å². The van der Waals surface area contributed by atoms with Gasteiger partial charge in [0.25, 0.3) is 5.56 Å². The number of amides is 1. The van der Waals surface area contributed by atoms with Crippen molar-refractivity contribution in [2.45, 2.75) is 26.8 Å². The molecule has 30 heavy (non-hydrogen) atoms. The lowest BCUT2D eigenvalue weighted by Crippen LogP contribution is -2.32. The van der Waals surface area contributed by atoms with Crippen molar-refractivity contribution in [3.8, 4) is 11.1 Å². The molecule has 1 unspecified atom stereocenters. The number of fused-ring (bicyclic) bond motifs is 1. The number of benzene rings is 2. The zero-order valence-electron chi connectivity index (χ0n) is 16.8. The van der Waals surface area contributed by atoms with Gasteiger partial charge in [-0.25, -0.2) is 9.37 Å². The lowest BCUT2D eigenvalue weighted by atomic mass is 10.1. The Bertz CT molecular complexity index is 1310. The van der Waals surface area contributed by atoms with Gasteiger partial charge in [0, 0.05) is 16.6 Å². The molecule has 0 bridgehead atoms. The van der Waals surface area contributed by atoms with E-state index in [0.717, 1.165) is 22.4 Å². The molecule has 4 rings (SSSR count). The molecule has 1 N–H and O–H groups in total. The van der Waals surface area contributed by atoms with Gasteiger partial charge in [0.1, 0.15) is 16.7 Å². The summed E-state index contributed by atoms with van der Waals surface area (Å²) in [4.78, 5) is 31.1. The first kappa shape index (κ1) is 20.0. The molecular formula is C23H20FN3O2S. The number of halogens is 1. The Morgan fingerprint density at radius 2 is 1.90 bits per heavy atom. The fourth-order valence-corrected chi connectivity index (χ4v) is 4.22. The molecule has 7 heteroatoms. The number of carbonyl (C=O) groups is 1. The van der Waals surface area contributed by atoms with E-state index in [1.807, 2.05) is 37.4 Å². The lowest BCUT2D eigenvalue weighted by molar-refractivity contribution is -0.118. The summed E-state index contributed by atoms with van der Waals surface area (Å²) >= 11 is 1.34. The van der Waals surface area contributed by atoms with Crippen molar-refractivity contribution in [3.05, 3.63) is 81.5 Å². The highest BCUT2D eigenvalue weighted by atomic mass is 32.1. The average Bonchev–Trinajstić information content (AvgIpc) is 3.17. The van der Waals surface area contributed by atoms with Gasteiger partial charge in [-0.15, -0.1) is 11.3 Å². The van der Waals surface area contributed by atoms with Gasteiger partial charge in [-0.05, 0) is 55.7 Å². The Kier molecular flexibility index (Phi) is 5.22. The lowest BCUT2D eigenvalue weighted by Gasteiger charge is -2.16. The molecule has 0 saturated heterocycles. The quantitative estimate of drug-likeness (QED) is 0.500. The molecule has 0 aliphatic heterocycles. The van der Waals surface area contributed by atoms with Gasteiger partial charge >= 0.3 is 0 Å². The number of aryl methyl sites for hydroxylation is 1. The van der Waals surface area contributed by atoms with Crippen LogP contribution >= 0.6 is 11.3 Å². The molecule has 5 nitrogen and oxygen atoms in total. The van der Waals surface area contributed by atoms with Crippen molar-refractivity contribution in [2.24, 2.45) is 0 Å². The second-order valence-corrected chi connectivity index (χ2v) is 8.06. The third kappa shape index (κ3) is 3.52. The Labute approximate surface area is 176 Å². The van der Waals surface area contributed by atoms with Crippen molar-refractivity contribution < 1.29 is 9.18 Å². The van der Waals surface area contributed by atoms with Gasteiger partial charge in [-0.2, -0.15) is 0 Å². The van der Waals surface area contributed by atoms with Crippen molar-refractivity contribution in [2.75, 3.05) is 5.32 Å².